The molecule has 0 aliphatic rings. The molecule has 0 N–H and O–H groups in total. The Bertz CT molecular complexity index is 1440. The van der Waals surface area contributed by atoms with E-state index in [2.05, 4.69) is 33.4 Å². The number of aromatic nitrogens is 5. The summed E-state index contributed by atoms with van der Waals surface area (Å²) in [5.41, 5.74) is 3.97. The van der Waals surface area contributed by atoms with Gasteiger partial charge in [-0.15, -0.1) is 0 Å². The van der Waals surface area contributed by atoms with Crippen LogP contribution in [0.5, 0.6) is 5.75 Å². The summed E-state index contributed by atoms with van der Waals surface area (Å²) in [5, 5.41) is 9.66. The fourth-order valence-electron chi connectivity index (χ4n) is 3.47. The normalized spacial score (nSPS) is 11.0. The number of benzene rings is 2. The Morgan fingerprint density at radius 2 is 1.84 bits per heavy atom. The van der Waals surface area contributed by atoms with E-state index in [0.717, 1.165) is 34.3 Å². The molecular formula is C25H21N5O2. The summed E-state index contributed by atoms with van der Waals surface area (Å²) in [6.07, 6.45) is 7.10. The van der Waals surface area contributed by atoms with Gasteiger partial charge in [-0.2, -0.15) is 10.2 Å². The Labute approximate surface area is 184 Å². The minimum Gasteiger partial charge on any atom is -0.487 e. The molecular weight excluding hydrogens is 402 g/mol. The molecule has 7 heteroatoms. The lowest BCUT2D eigenvalue weighted by Crippen LogP contribution is -2.17. The summed E-state index contributed by atoms with van der Waals surface area (Å²) in [6, 6.07) is 19.4. The van der Waals surface area contributed by atoms with Crippen molar-refractivity contribution in [2.45, 2.75) is 20.1 Å². The van der Waals surface area contributed by atoms with Crippen molar-refractivity contribution in [3.8, 4) is 22.6 Å². The van der Waals surface area contributed by atoms with E-state index < -0.39 is 0 Å². The van der Waals surface area contributed by atoms with Gasteiger partial charge in [0.15, 0.2) is 0 Å². The molecule has 5 rings (SSSR count). The van der Waals surface area contributed by atoms with Gasteiger partial charge >= 0.3 is 0 Å². The van der Waals surface area contributed by atoms with Gasteiger partial charge in [-0.1, -0.05) is 30.3 Å². The van der Waals surface area contributed by atoms with Crippen LogP contribution in [-0.2, 0) is 13.2 Å². The van der Waals surface area contributed by atoms with Crippen LogP contribution in [0.3, 0.4) is 0 Å². The predicted octanol–water partition coefficient (Wildman–Crippen LogP) is 4.24. The van der Waals surface area contributed by atoms with Crippen LogP contribution in [0.1, 0.15) is 12.6 Å². The molecule has 0 aliphatic carbocycles. The van der Waals surface area contributed by atoms with Crippen molar-refractivity contribution in [3.63, 3.8) is 0 Å². The van der Waals surface area contributed by atoms with Crippen molar-refractivity contribution >= 4 is 10.9 Å². The van der Waals surface area contributed by atoms with Crippen LogP contribution in [0, 0.1) is 0 Å². The third-order valence-corrected chi connectivity index (χ3v) is 5.22. The van der Waals surface area contributed by atoms with Gasteiger partial charge in [0.05, 0.1) is 17.9 Å². The van der Waals surface area contributed by atoms with Crippen LogP contribution in [0.2, 0.25) is 0 Å². The maximum absolute atomic E-state index is 12.3. The zero-order valence-electron chi connectivity index (χ0n) is 17.5. The number of pyridine rings is 1. The summed E-state index contributed by atoms with van der Waals surface area (Å²) in [7, 11) is 0. The summed E-state index contributed by atoms with van der Waals surface area (Å²) < 4.78 is 9.36. The van der Waals surface area contributed by atoms with E-state index in [-0.39, 0.29) is 12.0 Å². The zero-order valence-corrected chi connectivity index (χ0v) is 17.5. The highest BCUT2D eigenvalue weighted by Gasteiger charge is 2.08. The molecule has 0 radical (unpaired) electrons. The molecule has 0 atom stereocenters. The van der Waals surface area contributed by atoms with Crippen molar-refractivity contribution in [3.05, 3.63) is 101 Å². The number of ether oxygens (including phenoxy) is 1. The number of hydrogen-bond donors (Lipinski definition) is 0. The van der Waals surface area contributed by atoms with Crippen molar-refractivity contribution in [1.82, 2.24) is 24.5 Å². The Balaban J connectivity index is 1.39. The van der Waals surface area contributed by atoms with Gasteiger partial charge in [0, 0.05) is 36.0 Å². The van der Waals surface area contributed by atoms with E-state index in [1.165, 1.54) is 6.07 Å². The third kappa shape index (κ3) is 4.00. The highest BCUT2D eigenvalue weighted by molar-refractivity contribution is 5.84. The molecule has 0 saturated carbocycles. The van der Waals surface area contributed by atoms with Crippen LogP contribution in [0.25, 0.3) is 27.7 Å². The molecule has 0 fully saturated rings. The highest BCUT2D eigenvalue weighted by atomic mass is 16.5. The minimum absolute atomic E-state index is 0.0684. The topological polar surface area (TPSA) is 74.8 Å². The molecule has 0 spiro atoms. The average molecular weight is 423 g/mol. The van der Waals surface area contributed by atoms with Crippen LogP contribution in [0.15, 0.2) is 90.2 Å². The first kappa shape index (κ1) is 19.7. The molecule has 7 nitrogen and oxygen atoms in total. The summed E-state index contributed by atoms with van der Waals surface area (Å²) in [5.74, 6) is 0.653. The van der Waals surface area contributed by atoms with Crippen molar-refractivity contribution < 1.29 is 4.74 Å². The van der Waals surface area contributed by atoms with Gasteiger partial charge in [-0.05, 0) is 36.8 Å². The monoisotopic (exact) mass is 423 g/mol. The highest BCUT2D eigenvalue weighted by Crippen LogP contribution is 2.25. The van der Waals surface area contributed by atoms with Crippen LogP contribution in [0.4, 0.5) is 0 Å². The first-order chi connectivity index (χ1) is 15.7. The Kier molecular flexibility index (Phi) is 5.21. The average Bonchev–Trinajstić information content (AvgIpc) is 3.33. The molecule has 2 aromatic carbocycles. The Morgan fingerprint density at radius 1 is 0.969 bits per heavy atom. The van der Waals surface area contributed by atoms with Crippen LogP contribution >= 0.6 is 0 Å². The molecule has 3 heterocycles. The number of nitrogens with zero attached hydrogens (tertiary/aromatic N) is 5. The first-order valence-electron chi connectivity index (χ1n) is 10.4. The second kappa shape index (κ2) is 8.47. The van der Waals surface area contributed by atoms with E-state index in [1.807, 2.05) is 55.7 Å². The summed E-state index contributed by atoms with van der Waals surface area (Å²) >= 11 is 0. The maximum Gasteiger partial charge on any atom is 0.206 e. The second-order valence-electron chi connectivity index (χ2n) is 7.36. The molecule has 5 aromatic rings. The molecule has 32 heavy (non-hydrogen) atoms. The van der Waals surface area contributed by atoms with Crippen LogP contribution < -0.4 is 10.2 Å². The van der Waals surface area contributed by atoms with Crippen molar-refractivity contribution in [2.24, 2.45) is 0 Å². The van der Waals surface area contributed by atoms with Gasteiger partial charge in [0.2, 0.25) is 5.43 Å². The van der Waals surface area contributed by atoms with Crippen molar-refractivity contribution in [2.75, 3.05) is 0 Å². The van der Waals surface area contributed by atoms with E-state index in [1.54, 1.807) is 21.8 Å². The smallest absolute Gasteiger partial charge is 0.206 e. The van der Waals surface area contributed by atoms with Crippen molar-refractivity contribution in [1.29, 1.82) is 0 Å². The second-order valence-corrected chi connectivity index (χ2v) is 7.36. The Hall–Kier alpha value is -4.26. The van der Waals surface area contributed by atoms with Gasteiger partial charge < -0.3 is 4.74 Å². The molecule has 0 bridgehead atoms. The fraction of sp³-hybridized carbons (Fsp3) is 0.120. The largest absolute Gasteiger partial charge is 0.487 e. The molecule has 0 unspecified atom stereocenters. The van der Waals surface area contributed by atoms with Gasteiger partial charge in [0.25, 0.3) is 0 Å². The number of fused-ring (bicyclic) bond motifs is 1. The number of hydrogen-bond acceptors (Lipinski definition) is 5. The molecule has 158 valence electrons. The SMILES string of the molecule is CCn1cc(-n2ccc(=O)c(COc3ccc4ncc(-c5ccccc5)cc4c3)n2)cn1. The third-order valence-electron chi connectivity index (χ3n) is 5.22. The van der Waals surface area contributed by atoms with E-state index in [0.29, 0.717) is 11.4 Å². The minimum atomic E-state index is -0.169. The lowest BCUT2D eigenvalue weighted by atomic mass is 10.1. The standard InChI is InChI=1S/C25H21N5O2/c1-2-29-16-21(15-27-29)30-11-10-25(31)24(28-30)17-32-22-8-9-23-19(13-22)12-20(14-26-23)18-6-4-3-5-7-18/h3-16H,2,17H2,1H3. The maximum atomic E-state index is 12.3. The Morgan fingerprint density at radius 3 is 2.66 bits per heavy atom. The fourth-order valence-corrected chi connectivity index (χ4v) is 3.47. The lowest BCUT2D eigenvalue weighted by molar-refractivity contribution is 0.298. The lowest BCUT2D eigenvalue weighted by Gasteiger charge is -2.09. The molecule has 0 saturated heterocycles. The number of aryl methyl sites for hydroxylation is 1. The predicted molar refractivity (Wildman–Crippen MR) is 123 cm³/mol. The van der Waals surface area contributed by atoms with Gasteiger partial charge in [-0.3, -0.25) is 14.5 Å². The van der Waals surface area contributed by atoms with E-state index in [9.17, 15) is 4.79 Å². The summed E-state index contributed by atoms with van der Waals surface area (Å²) in [6.45, 7) is 2.84. The van der Waals surface area contributed by atoms with Gasteiger partial charge in [0.1, 0.15) is 23.7 Å². The summed E-state index contributed by atoms with van der Waals surface area (Å²) in [4.78, 5) is 16.9. The quantitative estimate of drug-likeness (QED) is 0.408. The zero-order chi connectivity index (χ0) is 21.9. The van der Waals surface area contributed by atoms with E-state index >= 15 is 0 Å². The molecule has 3 aromatic heterocycles. The first-order valence-corrected chi connectivity index (χ1v) is 10.4. The van der Waals surface area contributed by atoms with Gasteiger partial charge in [-0.25, -0.2) is 4.68 Å². The van der Waals surface area contributed by atoms with E-state index in [4.69, 9.17) is 4.74 Å². The molecule has 0 aliphatic heterocycles. The number of rotatable bonds is 6. The van der Waals surface area contributed by atoms with Crippen LogP contribution in [-0.4, -0.2) is 24.5 Å². The molecule has 0 amide bonds.